The molecule has 3 nitrogen and oxygen atoms in total. The van der Waals surface area contributed by atoms with E-state index < -0.39 is 0 Å². The Balaban J connectivity index is 1.99. The van der Waals surface area contributed by atoms with E-state index in [2.05, 4.69) is 24.4 Å². The molecule has 104 valence electrons. The highest BCUT2D eigenvalue weighted by molar-refractivity contribution is 5.52. The van der Waals surface area contributed by atoms with Crippen LogP contribution in [0.4, 0.5) is 0 Å². The van der Waals surface area contributed by atoms with Gasteiger partial charge in [0.25, 0.3) is 0 Å². The number of para-hydroxylation sites is 2. The van der Waals surface area contributed by atoms with Crippen molar-refractivity contribution in [3.05, 3.63) is 59.7 Å². The summed E-state index contributed by atoms with van der Waals surface area (Å²) in [5.74, 6) is 1.85. The van der Waals surface area contributed by atoms with Gasteiger partial charge in [0, 0.05) is 24.3 Å². The van der Waals surface area contributed by atoms with Crippen LogP contribution in [-0.2, 0) is 4.74 Å². The second-order valence-electron chi connectivity index (χ2n) is 5.13. The summed E-state index contributed by atoms with van der Waals surface area (Å²) in [6.45, 7) is 2.81. The maximum atomic E-state index is 5.98. The van der Waals surface area contributed by atoms with Crippen LogP contribution in [0.3, 0.4) is 0 Å². The SMILES string of the molecule is COCC(C)NC1c2ccccc2Oc2ccccc21. The molecule has 0 fully saturated rings. The Morgan fingerprint density at radius 2 is 1.60 bits per heavy atom. The Morgan fingerprint density at radius 1 is 1.05 bits per heavy atom. The Bertz CT molecular complexity index is 552. The van der Waals surface area contributed by atoms with Gasteiger partial charge in [0.15, 0.2) is 0 Å². The molecular weight excluding hydrogens is 250 g/mol. The molecule has 0 amide bonds. The molecule has 20 heavy (non-hydrogen) atoms. The second-order valence-corrected chi connectivity index (χ2v) is 5.13. The average molecular weight is 269 g/mol. The minimum absolute atomic E-state index is 0.140. The molecule has 2 aromatic carbocycles. The third kappa shape index (κ3) is 2.42. The van der Waals surface area contributed by atoms with Crippen LogP contribution in [0.25, 0.3) is 0 Å². The Morgan fingerprint density at radius 3 is 2.15 bits per heavy atom. The highest BCUT2D eigenvalue weighted by Gasteiger charge is 2.27. The van der Waals surface area contributed by atoms with Crippen LogP contribution in [0.5, 0.6) is 11.5 Å². The monoisotopic (exact) mass is 269 g/mol. The topological polar surface area (TPSA) is 30.5 Å². The number of hydrogen-bond acceptors (Lipinski definition) is 3. The van der Waals surface area contributed by atoms with Crippen molar-refractivity contribution in [3.63, 3.8) is 0 Å². The molecule has 0 saturated carbocycles. The summed E-state index contributed by atoms with van der Waals surface area (Å²) in [5.41, 5.74) is 2.35. The zero-order valence-corrected chi connectivity index (χ0v) is 11.8. The standard InChI is InChI=1S/C17H19NO2/c1-12(11-19-2)18-17-13-7-3-5-9-15(13)20-16-10-6-4-8-14(16)17/h3-10,12,17-18H,11H2,1-2H3. The number of hydrogen-bond donors (Lipinski definition) is 1. The lowest BCUT2D eigenvalue weighted by Gasteiger charge is -2.31. The van der Waals surface area contributed by atoms with Gasteiger partial charge in [-0.3, -0.25) is 0 Å². The molecule has 1 atom stereocenters. The van der Waals surface area contributed by atoms with Crippen molar-refractivity contribution in [3.8, 4) is 11.5 Å². The molecule has 1 heterocycles. The van der Waals surface area contributed by atoms with Crippen LogP contribution in [0, 0.1) is 0 Å². The smallest absolute Gasteiger partial charge is 0.132 e. The molecule has 0 spiro atoms. The van der Waals surface area contributed by atoms with Crippen LogP contribution in [0.2, 0.25) is 0 Å². The van der Waals surface area contributed by atoms with E-state index in [4.69, 9.17) is 9.47 Å². The van der Waals surface area contributed by atoms with E-state index in [1.807, 2.05) is 36.4 Å². The van der Waals surface area contributed by atoms with Crippen molar-refractivity contribution in [2.75, 3.05) is 13.7 Å². The summed E-state index contributed by atoms with van der Waals surface area (Å²) in [6.07, 6.45) is 0. The fourth-order valence-corrected chi connectivity index (χ4v) is 2.67. The van der Waals surface area contributed by atoms with Crippen molar-refractivity contribution in [2.24, 2.45) is 0 Å². The summed E-state index contributed by atoms with van der Waals surface area (Å²) in [5, 5.41) is 3.63. The third-order valence-corrected chi connectivity index (χ3v) is 3.55. The van der Waals surface area contributed by atoms with Crippen molar-refractivity contribution in [1.29, 1.82) is 0 Å². The predicted octanol–water partition coefficient (Wildman–Crippen LogP) is 3.51. The normalized spacial score (nSPS) is 15.1. The zero-order chi connectivity index (χ0) is 13.9. The first kappa shape index (κ1) is 13.2. The van der Waals surface area contributed by atoms with E-state index in [-0.39, 0.29) is 12.1 Å². The number of benzene rings is 2. The van der Waals surface area contributed by atoms with Gasteiger partial charge in [-0.1, -0.05) is 36.4 Å². The fraction of sp³-hybridized carbons (Fsp3) is 0.294. The summed E-state index contributed by atoms with van der Waals surface area (Å²) < 4.78 is 11.2. The first-order valence-electron chi connectivity index (χ1n) is 6.90. The van der Waals surface area contributed by atoms with Crippen molar-refractivity contribution >= 4 is 0 Å². The molecule has 0 aromatic heterocycles. The fourth-order valence-electron chi connectivity index (χ4n) is 2.67. The van der Waals surface area contributed by atoms with Gasteiger partial charge >= 0.3 is 0 Å². The van der Waals surface area contributed by atoms with E-state index >= 15 is 0 Å². The number of rotatable bonds is 4. The van der Waals surface area contributed by atoms with E-state index in [0.717, 1.165) is 11.5 Å². The van der Waals surface area contributed by atoms with Crippen molar-refractivity contribution < 1.29 is 9.47 Å². The highest BCUT2D eigenvalue weighted by atomic mass is 16.5. The van der Waals surface area contributed by atoms with Crippen molar-refractivity contribution in [2.45, 2.75) is 19.0 Å². The van der Waals surface area contributed by atoms with Gasteiger partial charge in [-0.2, -0.15) is 0 Å². The maximum Gasteiger partial charge on any atom is 0.132 e. The van der Waals surface area contributed by atoms with Gasteiger partial charge in [-0.05, 0) is 19.1 Å². The van der Waals surface area contributed by atoms with E-state index in [1.54, 1.807) is 7.11 Å². The third-order valence-electron chi connectivity index (χ3n) is 3.55. The molecule has 1 N–H and O–H groups in total. The minimum atomic E-state index is 0.140. The largest absolute Gasteiger partial charge is 0.457 e. The molecule has 2 aromatic rings. The van der Waals surface area contributed by atoms with E-state index in [1.165, 1.54) is 11.1 Å². The molecule has 0 saturated heterocycles. The average Bonchev–Trinajstić information content (AvgIpc) is 2.47. The zero-order valence-electron chi connectivity index (χ0n) is 11.8. The quantitative estimate of drug-likeness (QED) is 0.921. The lowest BCUT2D eigenvalue weighted by Crippen LogP contribution is -2.35. The molecule has 0 bridgehead atoms. The number of fused-ring (bicyclic) bond motifs is 2. The van der Waals surface area contributed by atoms with Crippen LogP contribution < -0.4 is 10.1 Å². The molecule has 1 aliphatic heterocycles. The lowest BCUT2D eigenvalue weighted by atomic mass is 9.94. The summed E-state index contributed by atoms with van der Waals surface area (Å²) in [4.78, 5) is 0. The van der Waals surface area contributed by atoms with Crippen LogP contribution in [0.15, 0.2) is 48.5 Å². The molecule has 1 unspecified atom stereocenters. The van der Waals surface area contributed by atoms with Crippen LogP contribution in [0.1, 0.15) is 24.1 Å². The van der Waals surface area contributed by atoms with E-state index in [0.29, 0.717) is 6.61 Å². The second kappa shape index (κ2) is 5.65. The van der Waals surface area contributed by atoms with Gasteiger partial charge in [-0.15, -0.1) is 0 Å². The van der Waals surface area contributed by atoms with Gasteiger partial charge in [0.2, 0.25) is 0 Å². The number of methoxy groups -OCH3 is 1. The predicted molar refractivity (Wildman–Crippen MR) is 79.3 cm³/mol. The minimum Gasteiger partial charge on any atom is -0.457 e. The Kier molecular flexibility index (Phi) is 3.72. The van der Waals surface area contributed by atoms with Crippen LogP contribution in [-0.4, -0.2) is 19.8 Å². The van der Waals surface area contributed by atoms with Crippen molar-refractivity contribution in [1.82, 2.24) is 5.32 Å². The summed E-state index contributed by atoms with van der Waals surface area (Å²) in [6, 6.07) is 16.8. The Labute approximate surface area is 119 Å². The molecule has 3 rings (SSSR count). The van der Waals surface area contributed by atoms with Gasteiger partial charge in [-0.25, -0.2) is 0 Å². The highest BCUT2D eigenvalue weighted by Crippen LogP contribution is 2.42. The summed E-state index contributed by atoms with van der Waals surface area (Å²) >= 11 is 0. The maximum absolute atomic E-state index is 5.98. The van der Waals surface area contributed by atoms with Gasteiger partial charge in [0.1, 0.15) is 11.5 Å². The molecule has 0 aliphatic carbocycles. The molecule has 1 aliphatic rings. The van der Waals surface area contributed by atoms with E-state index in [9.17, 15) is 0 Å². The number of ether oxygens (including phenoxy) is 2. The Hall–Kier alpha value is -1.84. The van der Waals surface area contributed by atoms with Crippen LogP contribution >= 0.6 is 0 Å². The first-order chi connectivity index (χ1) is 9.79. The first-order valence-corrected chi connectivity index (χ1v) is 6.90. The molecular formula is C17H19NO2. The molecule has 0 radical (unpaired) electrons. The number of nitrogens with one attached hydrogen (secondary N) is 1. The molecule has 3 heteroatoms. The summed E-state index contributed by atoms with van der Waals surface area (Å²) in [7, 11) is 1.73. The van der Waals surface area contributed by atoms with Gasteiger partial charge in [0.05, 0.1) is 12.6 Å². The van der Waals surface area contributed by atoms with Gasteiger partial charge < -0.3 is 14.8 Å². The lowest BCUT2D eigenvalue weighted by molar-refractivity contribution is 0.168.